The number of ether oxygens (including phenoxy) is 1. The highest BCUT2D eigenvalue weighted by Crippen LogP contribution is 2.27. The van der Waals surface area contributed by atoms with E-state index in [0.29, 0.717) is 6.42 Å². The van der Waals surface area contributed by atoms with E-state index in [1.165, 1.54) is 0 Å². The van der Waals surface area contributed by atoms with Crippen LogP contribution in [0.4, 0.5) is 23.7 Å². The lowest BCUT2D eigenvalue weighted by atomic mass is 10.1. The number of carbonyl (C=O) groups is 1. The number of rotatable bonds is 5. The zero-order valence-corrected chi connectivity index (χ0v) is 11.4. The minimum atomic E-state index is -3.09. The van der Waals surface area contributed by atoms with Gasteiger partial charge < -0.3 is 20.5 Å². The highest BCUT2D eigenvalue weighted by atomic mass is 19.3. The van der Waals surface area contributed by atoms with Crippen LogP contribution in [-0.4, -0.2) is 30.4 Å². The van der Waals surface area contributed by atoms with Gasteiger partial charge in [0.2, 0.25) is 0 Å². The van der Waals surface area contributed by atoms with Crippen LogP contribution in [0.3, 0.4) is 0 Å². The Labute approximate surface area is 124 Å². The first kappa shape index (κ1) is 16.2. The number of benzene rings is 1. The SMILES string of the molecule is O=C(Nc1cc(F)ccc1OC(F)F)N[C@@H]1C=C[C@H](CO)C1. The van der Waals surface area contributed by atoms with Crippen molar-refractivity contribution in [1.29, 1.82) is 0 Å². The molecule has 8 heteroatoms. The van der Waals surface area contributed by atoms with Gasteiger partial charge in [-0.3, -0.25) is 0 Å². The minimum Gasteiger partial charge on any atom is -0.433 e. The molecule has 0 saturated carbocycles. The predicted octanol–water partition coefficient (Wildman–Crippen LogP) is 2.49. The van der Waals surface area contributed by atoms with E-state index in [1.54, 1.807) is 12.2 Å². The molecule has 0 bridgehead atoms. The number of amides is 2. The maximum absolute atomic E-state index is 13.2. The molecule has 1 aliphatic carbocycles. The topological polar surface area (TPSA) is 70.6 Å². The molecule has 2 amide bonds. The number of anilines is 1. The number of alkyl halides is 2. The number of urea groups is 1. The molecule has 1 aromatic rings. The van der Waals surface area contributed by atoms with Gasteiger partial charge in [-0.2, -0.15) is 8.78 Å². The fourth-order valence-electron chi connectivity index (χ4n) is 2.14. The highest BCUT2D eigenvalue weighted by Gasteiger charge is 2.20. The molecule has 0 unspecified atom stereocenters. The van der Waals surface area contributed by atoms with Gasteiger partial charge in [-0.15, -0.1) is 0 Å². The van der Waals surface area contributed by atoms with Crippen molar-refractivity contribution in [3.63, 3.8) is 0 Å². The Morgan fingerprint density at radius 2 is 2.18 bits per heavy atom. The maximum Gasteiger partial charge on any atom is 0.387 e. The van der Waals surface area contributed by atoms with Crippen molar-refractivity contribution in [1.82, 2.24) is 5.32 Å². The number of nitrogens with one attached hydrogen (secondary N) is 2. The second-order valence-electron chi connectivity index (χ2n) is 4.79. The summed E-state index contributed by atoms with van der Waals surface area (Å²) >= 11 is 0. The van der Waals surface area contributed by atoms with Gasteiger partial charge in [0.1, 0.15) is 11.6 Å². The first-order chi connectivity index (χ1) is 10.5. The quantitative estimate of drug-likeness (QED) is 0.731. The maximum atomic E-state index is 13.2. The molecule has 0 aromatic heterocycles. The number of hydrogen-bond acceptors (Lipinski definition) is 3. The van der Waals surface area contributed by atoms with Crippen molar-refractivity contribution in [3.8, 4) is 5.75 Å². The first-order valence-corrected chi connectivity index (χ1v) is 6.59. The van der Waals surface area contributed by atoms with E-state index in [0.717, 1.165) is 18.2 Å². The molecule has 0 saturated heterocycles. The van der Waals surface area contributed by atoms with E-state index in [2.05, 4.69) is 15.4 Å². The summed E-state index contributed by atoms with van der Waals surface area (Å²) in [6.45, 7) is -3.11. The van der Waals surface area contributed by atoms with Gasteiger partial charge in [-0.05, 0) is 18.6 Å². The third kappa shape index (κ3) is 4.39. The predicted molar refractivity (Wildman–Crippen MR) is 73.3 cm³/mol. The third-order valence-corrected chi connectivity index (χ3v) is 3.13. The average Bonchev–Trinajstić information content (AvgIpc) is 2.89. The fraction of sp³-hybridized carbons (Fsp3) is 0.357. The summed E-state index contributed by atoms with van der Waals surface area (Å²) in [6.07, 6.45) is 4.04. The molecule has 0 radical (unpaired) electrons. The Kier molecular flexibility index (Phi) is 5.26. The Bertz CT molecular complexity index is 566. The van der Waals surface area contributed by atoms with Crippen molar-refractivity contribution >= 4 is 11.7 Å². The van der Waals surface area contributed by atoms with E-state index in [-0.39, 0.29) is 30.0 Å². The molecular formula is C14H15F3N2O3. The van der Waals surface area contributed by atoms with Crippen molar-refractivity contribution in [2.75, 3.05) is 11.9 Å². The van der Waals surface area contributed by atoms with E-state index < -0.39 is 18.5 Å². The molecule has 22 heavy (non-hydrogen) atoms. The van der Waals surface area contributed by atoms with E-state index in [4.69, 9.17) is 5.11 Å². The Hall–Kier alpha value is -2.22. The van der Waals surface area contributed by atoms with Gasteiger partial charge >= 0.3 is 12.6 Å². The van der Waals surface area contributed by atoms with Crippen LogP contribution in [0.5, 0.6) is 5.75 Å². The summed E-state index contributed by atoms with van der Waals surface area (Å²) in [6, 6.07) is 1.88. The van der Waals surface area contributed by atoms with Crippen LogP contribution in [-0.2, 0) is 0 Å². The van der Waals surface area contributed by atoms with Crippen molar-refractivity contribution < 1.29 is 27.8 Å². The Morgan fingerprint density at radius 1 is 1.41 bits per heavy atom. The first-order valence-electron chi connectivity index (χ1n) is 6.59. The minimum absolute atomic E-state index is 0.0213. The number of aliphatic hydroxyl groups is 1. The summed E-state index contributed by atoms with van der Waals surface area (Å²) in [5.74, 6) is -1.06. The molecule has 2 atom stereocenters. The lowest BCUT2D eigenvalue weighted by Crippen LogP contribution is -2.36. The van der Waals surface area contributed by atoms with Crippen LogP contribution < -0.4 is 15.4 Å². The summed E-state index contributed by atoms with van der Waals surface area (Å²) < 4.78 is 41.9. The molecule has 0 spiro atoms. The van der Waals surface area contributed by atoms with Gasteiger partial charge in [-0.25, -0.2) is 9.18 Å². The highest BCUT2D eigenvalue weighted by molar-refractivity contribution is 5.91. The van der Waals surface area contributed by atoms with Crippen LogP contribution in [0.2, 0.25) is 0 Å². The van der Waals surface area contributed by atoms with E-state index in [1.807, 2.05) is 0 Å². The molecule has 1 aromatic carbocycles. The zero-order chi connectivity index (χ0) is 16.1. The second-order valence-corrected chi connectivity index (χ2v) is 4.79. The monoisotopic (exact) mass is 316 g/mol. The molecule has 0 fully saturated rings. The van der Waals surface area contributed by atoms with E-state index >= 15 is 0 Å². The molecule has 3 N–H and O–H groups in total. The molecule has 0 aliphatic heterocycles. The summed E-state index contributed by atoms with van der Waals surface area (Å²) in [5, 5.41) is 13.8. The number of halogens is 3. The summed E-state index contributed by atoms with van der Waals surface area (Å²) in [7, 11) is 0. The number of aliphatic hydroxyl groups excluding tert-OH is 1. The van der Waals surface area contributed by atoms with Crippen LogP contribution >= 0.6 is 0 Å². The van der Waals surface area contributed by atoms with Crippen LogP contribution in [0.1, 0.15) is 6.42 Å². The van der Waals surface area contributed by atoms with Crippen molar-refractivity contribution in [2.24, 2.45) is 5.92 Å². The van der Waals surface area contributed by atoms with Gasteiger partial charge in [0.15, 0.2) is 0 Å². The smallest absolute Gasteiger partial charge is 0.387 e. The summed E-state index contributed by atoms with van der Waals surface area (Å²) in [4.78, 5) is 11.8. The standard InChI is InChI=1S/C14H15F3N2O3/c15-9-2-4-12(22-13(16)17)11(6-9)19-14(21)18-10-3-1-8(5-10)7-20/h1-4,6,8,10,13,20H,5,7H2,(H2,18,19,21)/t8-,10+/m0/s1. The molecule has 0 heterocycles. The second kappa shape index (κ2) is 7.17. The van der Waals surface area contributed by atoms with Crippen LogP contribution in [0.15, 0.2) is 30.4 Å². The Morgan fingerprint density at radius 3 is 2.82 bits per heavy atom. The van der Waals surface area contributed by atoms with Crippen LogP contribution in [0, 0.1) is 11.7 Å². The van der Waals surface area contributed by atoms with Gasteiger partial charge in [-0.1, -0.05) is 12.2 Å². The zero-order valence-electron chi connectivity index (χ0n) is 11.4. The normalized spacial score (nSPS) is 20.2. The molecular weight excluding hydrogens is 301 g/mol. The number of carbonyl (C=O) groups excluding carboxylic acids is 1. The lowest BCUT2D eigenvalue weighted by molar-refractivity contribution is -0.0494. The van der Waals surface area contributed by atoms with E-state index in [9.17, 15) is 18.0 Å². The molecule has 1 aliphatic rings. The van der Waals surface area contributed by atoms with Gasteiger partial charge in [0, 0.05) is 24.6 Å². The molecule has 5 nitrogen and oxygen atoms in total. The van der Waals surface area contributed by atoms with Crippen molar-refractivity contribution in [3.05, 3.63) is 36.2 Å². The van der Waals surface area contributed by atoms with Crippen molar-refractivity contribution in [2.45, 2.75) is 19.1 Å². The largest absolute Gasteiger partial charge is 0.433 e. The molecule has 120 valence electrons. The van der Waals surface area contributed by atoms with Gasteiger partial charge in [0.05, 0.1) is 5.69 Å². The molecule has 2 rings (SSSR count). The average molecular weight is 316 g/mol. The lowest BCUT2D eigenvalue weighted by Gasteiger charge is -2.15. The number of hydrogen-bond donors (Lipinski definition) is 3. The van der Waals surface area contributed by atoms with Gasteiger partial charge in [0.25, 0.3) is 0 Å². The van der Waals surface area contributed by atoms with Crippen LogP contribution in [0.25, 0.3) is 0 Å². The summed E-state index contributed by atoms with van der Waals surface area (Å²) in [5.41, 5.74) is -0.196. The Balaban J connectivity index is 1.99. The fourth-order valence-corrected chi connectivity index (χ4v) is 2.14. The third-order valence-electron chi connectivity index (χ3n) is 3.13.